The third-order valence-electron chi connectivity index (χ3n) is 3.31. The van der Waals surface area contributed by atoms with Crippen LogP contribution in [-0.4, -0.2) is 9.52 Å². The van der Waals surface area contributed by atoms with Crippen LogP contribution in [0.4, 0.5) is 0 Å². The Kier molecular flexibility index (Phi) is 1.32. The Hall–Kier alpha value is 0.217. The van der Waals surface area contributed by atoms with Crippen LogP contribution in [0.25, 0.3) is 0 Å². The largest absolute Gasteiger partial charge is 0.0730 e. The molecule has 2 radical (unpaired) electrons. The maximum atomic E-state index is 2.38. The summed E-state index contributed by atoms with van der Waals surface area (Å²) < 4.78 is 0. The normalized spacial score (nSPS) is 30.3. The van der Waals surface area contributed by atoms with Crippen LogP contribution in [0.2, 0.25) is 12.1 Å². The van der Waals surface area contributed by atoms with Crippen molar-refractivity contribution < 1.29 is 0 Å². The Labute approximate surface area is 60.9 Å². The second-order valence-corrected chi connectivity index (χ2v) is 5.32. The molecule has 0 aromatic heterocycles. The SMILES string of the molecule is C[Si]C1C(C)(C)C1(C)C. The molecule has 0 aromatic rings. The Balaban J connectivity index is 2.66. The van der Waals surface area contributed by atoms with Crippen LogP contribution in [0.15, 0.2) is 0 Å². The third-order valence-corrected chi connectivity index (χ3v) is 5.33. The first kappa shape index (κ1) is 7.33. The van der Waals surface area contributed by atoms with Gasteiger partial charge in [-0.1, -0.05) is 34.2 Å². The van der Waals surface area contributed by atoms with Crippen molar-refractivity contribution in [2.45, 2.75) is 39.8 Å². The predicted molar refractivity (Wildman–Crippen MR) is 42.9 cm³/mol. The molecule has 0 nitrogen and oxygen atoms in total. The van der Waals surface area contributed by atoms with E-state index in [-0.39, 0.29) is 0 Å². The highest BCUT2D eigenvalue weighted by molar-refractivity contribution is 6.38. The lowest BCUT2D eigenvalue weighted by molar-refractivity contribution is 0.457. The molecular formula is C8H16Si. The molecule has 1 aliphatic carbocycles. The van der Waals surface area contributed by atoms with E-state index in [1.165, 1.54) is 0 Å². The maximum Gasteiger partial charge on any atom is 0.0392 e. The molecule has 1 heteroatoms. The van der Waals surface area contributed by atoms with Gasteiger partial charge in [-0.05, 0) is 16.4 Å². The van der Waals surface area contributed by atoms with Crippen molar-refractivity contribution in [2.24, 2.45) is 10.8 Å². The van der Waals surface area contributed by atoms with Crippen LogP contribution in [0, 0.1) is 10.8 Å². The molecule has 0 heterocycles. The summed E-state index contributed by atoms with van der Waals surface area (Å²) >= 11 is 0. The smallest absolute Gasteiger partial charge is 0.0392 e. The summed E-state index contributed by atoms with van der Waals surface area (Å²) in [5, 5.41) is 0. The fourth-order valence-corrected chi connectivity index (χ4v) is 4.02. The van der Waals surface area contributed by atoms with Crippen LogP contribution < -0.4 is 0 Å². The summed E-state index contributed by atoms with van der Waals surface area (Å²) in [6.07, 6.45) is 0. The van der Waals surface area contributed by atoms with Gasteiger partial charge >= 0.3 is 0 Å². The molecule has 52 valence electrons. The average molecular weight is 140 g/mol. The van der Waals surface area contributed by atoms with Gasteiger partial charge in [0.15, 0.2) is 0 Å². The van der Waals surface area contributed by atoms with Crippen LogP contribution >= 0.6 is 0 Å². The highest BCUT2D eigenvalue weighted by Gasteiger charge is 2.63. The van der Waals surface area contributed by atoms with Gasteiger partial charge in [0.2, 0.25) is 0 Å². The van der Waals surface area contributed by atoms with E-state index in [2.05, 4.69) is 34.2 Å². The molecule has 0 atom stereocenters. The second kappa shape index (κ2) is 1.63. The Bertz CT molecular complexity index is 111. The van der Waals surface area contributed by atoms with Gasteiger partial charge in [-0.25, -0.2) is 0 Å². The van der Waals surface area contributed by atoms with E-state index in [4.69, 9.17) is 0 Å². The summed E-state index contributed by atoms with van der Waals surface area (Å²) in [5.74, 6) is 0. The summed E-state index contributed by atoms with van der Waals surface area (Å²) in [5.41, 5.74) is 2.24. The summed E-state index contributed by atoms with van der Waals surface area (Å²) in [6, 6.07) is 0. The quantitative estimate of drug-likeness (QED) is 0.491. The molecule has 0 aliphatic heterocycles. The van der Waals surface area contributed by atoms with Crippen LogP contribution in [0.3, 0.4) is 0 Å². The zero-order chi connectivity index (χ0) is 7.28. The lowest BCUT2D eigenvalue weighted by atomic mass is 10.0. The van der Waals surface area contributed by atoms with Crippen LogP contribution in [-0.2, 0) is 0 Å². The van der Waals surface area contributed by atoms with Crippen molar-refractivity contribution in [1.29, 1.82) is 0 Å². The van der Waals surface area contributed by atoms with E-state index in [1.54, 1.807) is 0 Å². The van der Waals surface area contributed by atoms with E-state index < -0.39 is 0 Å². The van der Waals surface area contributed by atoms with Gasteiger partial charge in [0.05, 0.1) is 0 Å². The Morgan fingerprint density at radius 2 is 1.33 bits per heavy atom. The van der Waals surface area contributed by atoms with Gasteiger partial charge < -0.3 is 0 Å². The molecule has 1 aliphatic rings. The molecule has 0 aromatic carbocycles. The molecule has 0 spiro atoms. The first-order chi connectivity index (χ1) is 3.94. The second-order valence-electron chi connectivity index (χ2n) is 4.17. The van der Waals surface area contributed by atoms with Gasteiger partial charge in [-0.15, -0.1) is 0 Å². The van der Waals surface area contributed by atoms with Gasteiger partial charge in [0.25, 0.3) is 0 Å². The molecule has 0 saturated heterocycles. The van der Waals surface area contributed by atoms with Gasteiger partial charge in [0.1, 0.15) is 0 Å². The fourth-order valence-electron chi connectivity index (χ4n) is 1.92. The standard InChI is InChI=1S/C8H16Si/c1-7(2)6(9-5)8(7,3)4/h6H,1-5H3. The van der Waals surface area contributed by atoms with Crippen LogP contribution in [0.5, 0.6) is 0 Å². The summed E-state index contributed by atoms with van der Waals surface area (Å²) in [7, 11) is 1.13. The van der Waals surface area contributed by atoms with Crippen molar-refractivity contribution >= 4 is 9.52 Å². The van der Waals surface area contributed by atoms with Crippen molar-refractivity contribution in [3.8, 4) is 0 Å². The van der Waals surface area contributed by atoms with Crippen molar-refractivity contribution in [3.05, 3.63) is 0 Å². The molecule has 1 rings (SSSR count). The molecule has 9 heavy (non-hydrogen) atoms. The topological polar surface area (TPSA) is 0 Å². The van der Waals surface area contributed by atoms with Crippen molar-refractivity contribution in [3.63, 3.8) is 0 Å². The van der Waals surface area contributed by atoms with Crippen molar-refractivity contribution in [2.75, 3.05) is 0 Å². The van der Waals surface area contributed by atoms with E-state index in [9.17, 15) is 0 Å². The molecule has 1 fully saturated rings. The first-order valence-corrected chi connectivity index (χ1v) is 5.19. The molecular weight excluding hydrogens is 124 g/mol. The van der Waals surface area contributed by atoms with Gasteiger partial charge in [-0.3, -0.25) is 0 Å². The fraction of sp³-hybridized carbons (Fsp3) is 1.00. The van der Waals surface area contributed by atoms with E-state index in [0.29, 0.717) is 10.8 Å². The minimum Gasteiger partial charge on any atom is -0.0730 e. The maximum absolute atomic E-state index is 2.38. The molecule has 0 N–H and O–H groups in total. The Morgan fingerprint density at radius 1 is 1.00 bits per heavy atom. The molecule has 0 unspecified atom stereocenters. The zero-order valence-corrected chi connectivity index (χ0v) is 8.08. The highest BCUT2D eigenvalue weighted by Crippen LogP contribution is 2.72. The minimum absolute atomic E-state index is 0.625. The minimum atomic E-state index is 0.625. The first-order valence-electron chi connectivity index (χ1n) is 3.62. The average Bonchev–Trinajstić information content (AvgIpc) is 2.00. The van der Waals surface area contributed by atoms with E-state index >= 15 is 0 Å². The predicted octanol–water partition coefficient (Wildman–Crippen LogP) is 2.59. The third kappa shape index (κ3) is 0.705. The van der Waals surface area contributed by atoms with E-state index in [0.717, 1.165) is 15.1 Å². The van der Waals surface area contributed by atoms with Crippen LogP contribution in [0.1, 0.15) is 27.7 Å². The van der Waals surface area contributed by atoms with Crippen molar-refractivity contribution in [1.82, 2.24) is 0 Å². The molecule has 1 saturated carbocycles. The molecule has 0 amide bonds. The van der Waals surface area contributed by atoms with Gasteiger partial charge in [0, 0.05) is 9.52 Å². The van der Waals surface area contributed by atoms with E-state index in [1.807, 2.05) is 0 Å². The lowest BCUT2D eigenvalue weighted by Gasteiger charge is -2.04. The highest BCUT2D eigenvalue weighted by atomic mass is 28.2. The number of hydrogen-bond donors (Lipinski definition) is 0. The Morgan fingerprint density at radius 3 is 1.33 bits per heavy atom. The lowest BCUT2D eigenvalue weighted by Crippen LogP contribution is -1.95. The monoisotopic (exact) mass is 140 g/mol. The summed E-state index contributed by atoms with van der Waals surface area (Å²) in [6.45, 7) is 11.9. The number of rotatable bonds is 1. The van der Waals surface area contributed by atoms with Gasteiger partial charge in [-0.2, -0.15) is 0 Å². The molecule has 0 bridgehead atoms. The zero-order valence-electron chi connectivity index (χ0n) is 7.08. The number of hydrogen-bond acceptors (Lipinski definition) is 0. The summed E-state index contributed by atoms with van der Waals surface area (Å²) in [4.78, 5) is 0.